The number of hydrogen-bond donors (Lipinski definition) is 7. The molecular formula is C24H35N5O8. The summed E-state index contributed by atoms with van der Waals surface area (Å²) in [6, 6.07) is 5.22. The molecule has 1 aromatic carbocycles. The maximum absolute atomic E-state index is 11.8. The third-order valence-electron chi connectivity index (χ3n) is 5.81. The second kappa shape index (κ2) is 11.0. The van der Waals surface area contributed by atoms with E-state index in [-0.39, 0.29) is 24.3 Å². The van der Waals surface area contributed by atoms with Crippen LogP contribution < -0.4 is 27.0 Å². The number of aromatic nitrogens is 4. The number of nitrogens with one attached hydrogen (secondary N) is 4. The molecule has 7 N–H and O–H groups in total. The van der Waals surface area contributed by atoms with Crippen LogP contribution in [0.3, 0.4) is 0 Å². The number of aliphatic hydroxyl groups is 3. The lowest BCUT2D eigenvalue weighted by molar-refractivity contribution is -0.108. The van der Waals surface area contributed by atoms with E-state index in [1.54, 1.807) is 32.0 Å². The Morgan fingerprint density at radius 3 is 2.57 bits per heavy atom. The first kappa shape index (κ1) is 28.3. The van der Waals surface area contributed by atoms with Crippen LogP contribution in [0.5, 0.6) is 5.75 Å². The molecule has 0 aliphatic carbocycles. The fourth-order valence-electron chi connectivity index (χ4n) is 3.92. The number of aryl methyl sites for hydroxylation is 1. The first-order valence-corrected chi connectivity index (χ1v) is 11.8. The molecule has 3 heterocycles. The third-order valence-corrected chi connectivity index (χ3v) is 5.81. The van der Waals surface area contributed by atoms with E-state index in [9.17, 15) is 24.6 Å². The van der Waals surface area contributed by atoms with Crippen molar-refractivity contribution in [1.82, 2.24) is 24.8 Å². The number of H-pyrrole nitrogens is 3. The van der Waals surface area contributed by atoms with Gasteiger partial charge in [0.1, 0.15) is 23.1 Å². The summed E-state index contributed by atoms with van der Waals surface area (Å²) in [5.41, 5.74) is -0.927. The van der Waals surface area contributed by atoms with Crippen LogP contribution in [0.15, 0.2) is 38.8 Å². The van der Waals surface area contributed by atoms with E-state index >= 15 is 0 Å². The van der Waals surface area contributed by atoms with E-state index < -0.39 is 35.5 Å². The molecule has 1 aliphatic rings. The number of aliphatic hydroxyl groups excluding tert-OH is 3. The van der Waals surface area contributed by atoms with Crippen molar-refractivity contribution in [2.45, 2.75) is 70.8 Å². The summed E-state index contributed by atoms with van der Waals surface area (Å²) < 4.78 is 12.2. The van der Waals surface area contributed by atoms with E-state index in [1.165, 1.54) is 10.8 Å². The molecule has 3 aromatic rings. The number of rotatable bonds is 6. The summed E-state index contributed by atoms with van der Waals surface area (Å²) in [7, 11) is 0. The first-order chi connectivity index (χ1) is 17.2. The summed E-state index contributed by atoms with van der Waals surface area (Å²) in [6.07, 6.45) is -0.992. The molecule has 1 fully saturated rings. The molecule has 0 bridgehead atoms. The number of fused-ring (bicyclic) bond motifs is 1. The van der Waals surface area contributed by atoms with E-state index in [2.05, 4.69) is 20.3 Å². The predicted octanol–water partition coefficient (Wildman–Crippen LogP) is -0.399. The van der Waals surface area contributed by atoms with E-state index in [0.29, 0.717) is 28.9 Å². The summed E-state index contributed by atoms with van der Waals surface area (Å²) in [5.74, 6) is 0.444. The molecule has 37 heavy (non-hydrogen) atoms. The van der Waals surface area contributed by atoms with Crippen LogP contribution >= 0.6 is 0 Å². The number of aromatic amines is 3. The molecule has 0 radical (unpaired) electrons. The molecule has 204 valence electrons. The number of para-hydroxylation sites is 1. The van der Waals surface area contributed by atoms with Gasteiger partial charge in [0.2, 0.25) is 6.29 Å². The monoisotopic (exact) mass is 519 g/mol. The number of imidazole rings is 1. The van der Waals surface area contributed by atoms with Crippen LogP contribution in [0.2, 0.25) is 0 Å². The van der Waals surface area contributed by atoms with Crippen molar-refractivity contribution >= 4 is 11.0 Å². The highest BCUT2D eigenvalue weighted by Crippen LogP contribution is 2.33. The van der Waals surface area contributed by atoms with Gasteiger partial charge in [0, 0.05) is 23.7 Å². The van der Waals surface area contributed by atoms with Gasteiger partial charge >= 0.3 is 11.4 Å². The van der Waals surface area contributed by atoms with Gasteiger partial charge < -0.3 is 40.1 Å². The fraction of sp³-hybridized carbons (Fsp3) is 0.542. The normalized spacial score (nSPS) is 22.5. The summed E-state index contributed by atoms with van der Waals surface area (Å²) >= 11 is 0. The minimum Gasteiger partial charge on any atom is -0.461 e. The average molecular weight is 520 g/mol. The molecule has 4 atom stereocenters. The molecule has 13 heteroatoms. The van der Waals surface area contributed by atoms with Crippen LogP contribution in [-0.2, 0) is 10.5 Å². The van der Waals surface area contributed by atoms with Gasteiger partial charge in [-0.1, -0.05) is 6.07 Å². The highest BCUT2D eigenvalue weighted by molar-refractivity contribution is 5.81. The Bertz CT molecular complexity index is 1380. The Morgan fingerprint density at radius 1 is 1.24 bits per heavy atom. The Morgan fingerprint density at radius 2 is 1.95 bits per heavy atom. The number of benzene rings is 1. The van der Waals surface area contributed by atoms with Crippen molar-refractivity contribution in [3.05, 3.63) is 61.3 Å². The zero-order valence-electron chi connectivity index (χ0n) is 21.5. The predicted molar refractivity (Wildman–Crippen MR) is 136 cm³/mol. The fourth-order valence-corrected chi connectivity index (χ4v) is 3.92. The lowest BCUT2D eigenvalue weighted by atomic mass is 10.1. The molecular weight excluding hydrogens is 484 g/mol. The molecule has 0 saturated carbocycles. The Labute approximate surface area is 212 Å². The SMILES string of the molecule is CC(C)(C)NC[C@H](O)Oc1cccc2[nH][11c](=O)[nH]c12.Cc1cn(C2(C)C[C@@H](O)C(CO)O2)[11c](=O)[nH]c1=O. The van der Waals surface area contributed by atoms with Gasteiger partial charge in [-0.05, 0) is 46.8 Å². The maximum atomic E-state index is 11.8. The van der Waals surface area contributed by atoms with Gasteiger partial charge in [0.25, 0.3) is 5.56 Å². The minimum atomic E-state index is -1.07. The summed E-state index contributed by atoms with van der Waals surface area (Å²) in [6.45, 7) is 9.19. The molecule has 1 saturated heterocycles. The Balaban J connectivity index is 0.000000206. The molecule has 4 rings (SSSR count). The van der Waals surface area contributed by atoms with Gasteiger partial charge in [0.15, 0.2) is 0 Å². The van der Waals surface area contributed by atoms with E-state index in [4.69, 9.17) is 14.6 Å². The number of hydrogen-bond acceptors (Lipinski definition) is 9. The van der Waals surface area contributed by atoms with Crippen LogP contribution in [0, 0.1) is 6.92 Å². The second-order valence-corrected chi connectivity index (χ2v) is 10.2. The molecule has 0 amide bonds. The largest absolute Gasteiger partial charge is 0.461 e. The second-order valence-electron chi connectivity index (χ2n) is 10.2. The molecule has 0 spiro atoms. The van der Waals surface area contributed by atoms with Gasteiger partial charge in [-0.2, -0.15) is 0 Å². The maximum Gasteiger partial charge on any atom is 0.330 e. The zero-order valence-corrected chi connectivity index (χ0v) is 21.5. The van der Waals surface area contributed by atoms with Crippen molar-refractivity contribution < 1.29 is 24.8 Å². The third kappa shape index (κ3) is 6.96. The van der Waals surface area contributed by atoms with Gasteiger partial charge in [-0.25, -0.2) is 9.59 Å². The van der Waals surface area contributed by atoms with Crippen molar-refractivity contribution in [3.8, 4) is 5.75 Å². The topological polar surface area (TPSA) is 195 Å². The standard InChI is InChI=1S/C13H19N3O3.C11H16N2O5/c1-13(2,3)14-7-10(17)19-9-6-4-5-8-11(9)16-12(18)15-8;1-6-4-13(10(17)12-9(6)16)11(2)3-7(15)8(5-14)18-11/h4-6,10,14,17H,7H2,1-3H3,(H2,15,16,18);4,7-8,14-15H,3,5H2,1-2H3,(H,12,16,17)/t10-;7-,8?,11?/m11/s1/i12-1;10-1. The highest BCUT2D eigenvalue weighted by atomic mass is 16.6. The minimum absolute atomic E-state index is 0.0985. The number of ether oxygens (including phenoxy) is 2. The van der Waals surface area contributed by atoms with E-state index in [0.717, 1.165) is 0 Å². The van der Waals surface area contributed by atoms with Crippen molar-refractivity contribution in [2.75, 3.05) is 13.2 Å². The molecule has 13 nitrogen and oxygen atoms in total. The van der Waals surface area contributed by atoms with Crippen LogP contribution in [-0.4, -0.2) is 72.0 Å². The highest BCUT2D eigenvalue weighted by Gasteiger charge is 2.44. The summed E-state index contributed by atoms with van der Waals surface area (Å²) in [4.78, 5) is 41.8. The Hall–Kier alpha value is -3.23. The quantitative estimate of drug-likeness (QED) is 0.212. The number of nitrogens with zero attached hydrogens (tertiary/aromatic N) is 1. The Kier molecular flexibility index (Phi) is 8.45. The van der Waals surface area contributed by atoms with Gasteiger partial charge in [-0.15, -0.1) is 0 Å². The molecule has 2 aromatic heterocycles. The lowest BCUT2D eigenvalue weighted by Gasteiger charge is -2.26. The average Bonchev–Trinajstić information content (AvgIpc) is 3.33. The summed E-state index contributed by atoms with van der Waals surface area (Å²) in [5, 5.41) is 31.8. The zero-order chi connectivity index (χ0) is 27.5. The van der Waals surface area contributed by atoms with Gasteiger partial charge in [0.05, 0.1) is 24.8 Å². The van der Waals surface area contributed by atoms with Crippen molar-refractivity contribution in [1.29, 1.82) is 0 Å². The van der Waals surface area contributed by atoms with Crippen LogP contribution in [0.1, 0.15) is 39.7 Å². The van der Waals surface area contributed by atoms with Gasteiger partial charge in [-0.3, -0.25) is 14.3 Å². The van der Waals surface area contributed by atoms with E-state index in [1.807, 2.05) is 20.8 Å². The lowest BCUT2D eigenvalue weighted by Crippen LogP contribution is -2.43. The smallest absolute Gasteiger partial charge is 0.330 e. The van der Waals surface area contributed by atoms with Crippen molar-refractivity contribution in [2.24, 2.45) is 0 Å². The number of β-amino-alcohol motifs (C(OH)–C–C–N with tert-alkyl or cyclic N) is 1. The van der Waals surface area contributed by atoms with Crippen LogP contribution in [0.25, 0.3) is 11.0 Å². The molecule has 2 unspecified atom stereocenters. The van der Waals surface area contributed by atoms with Crippen molar-refractivity contribution in [3.63, 3.8) is 0 Å². The van der Waals surface area contributed by atoms with Crippen LogP contribution in [0.4, 0.5) is 0 Å². The molecule has 1 aliphatic heterocycles. The first-order valence-electron chi connectivity index (χ1n) is 11.8.